The highest BCUT2D eigenvalue weighted by Crippen LogP contribution is 2.34. The number of anilines is 1. The highest BCUT2D eigenvalue weighted by atomic mass is 16.5. The molecule has 1 atom stereocenters. The van der Waals surface area contributed by atoms with Gasteiger partial charge in [-0.15, -0.1) is 0 Å². The van der Waals surface area contributed by atoms with Gasteiger partial charge in [-0.2, -0.15) is 4.98 Å². The third-order valence-corrected chi connectivity index (χ3v) is 5.00. The van der Waals surface area contributed by atoms with Gasteiger partial charge in [0.05, 0.1) is 31.3 Å². The van der Waals surface area contributed by atoms with Crippen LogP contribution in [0.3, 0.4) is 0 Å². The van der Waals surface area contributed by atoms with Gasteiger partial charge >= 0.3 is 0 Å². The Balaban J connectivity index is 1.77. The molecule has 154 valence electrons. The predicted octanol–water partition coefficient (Wildman–Crippen LogP) is 5.09. The molecule has 0 radical (unpaired) electrons. The van der Waals surface area contributed by atoms with Crippen LogP contribution in [-0.2, 0) is 0 Å². The zero-order valence-electron chi connectivity index (χ0n) is 17.7. The minimum atomic E-state index is -0.0497. The molecule has 0 aliphatic heterocycles. The molecule has 1 unspecified atom stereocenters. The molecule has 4 aromatic rings. The van der Waals surface area contributed by atoms with E-state index in [0.29, 0.717) is 29.0 Å². The molecule has 0 aliphatic rings. The summed E-state index contributed by atoms with van der Waals surface area (Å²) in [6.45, 7) is 5.89. The maximum absolute atomic E-state index is 5.44. The van der Waals surface area contributed by atoms with Crippen molar-refractivity contribution in [3.05, 3.63) is 59.5 Å². The lowest BCUT2D eigenvalue weighted by molar-refractivity contribution is 0.354. The number of pyridine rings is 1. The molecule has 2 aromatic carbocycles. The first-order valence-electron chi connectivity index (χ1n) is 9.69. The molecule has 4 rings (SSSR count). The Hall–Kier alpha value is -3.61. The van der Waals surface area contributed by atoms with E-state index in [0.717, 1.165) is 27.6 Å². The van der Waals surface area contributed by atoms with Crippen molar-refractivity contribution in [2.75, 3.05) is 19.5 Å². The second-order valence-electron chi connectivity index (χ2n) is 7.20. The van der Waals surface area contributed by atoms with Gasteiger partial charge in [-0.25, -0.2) is 4.98 Å². The Morgan fingerprint density at radius 1 is 0.933 bits per heavy atom. The van der Waals surface area contributed by atoms with Crippen LogP contribution >= 0.6 is 0 Å². The summed E-state index contributed by atoms with van der Waals surface area (Å²) in [5, 5.41) is 8.62. The Kier molecular flexibility index (Phi) is 5.27. The summed E-state index contributed by atoms with van der Waals surface area (Å²) >= 11 is 0. The van der Waals surface area contributed by atoms with E-state index in [-0.39, 0.29) is 6.04 Å². The van der Waals surface area contributed by atoms with Gasteiger partial charge < -0.3 is 19.3 Å². The van der Waals surface area contributed by atoms with Gasteiger partial charge in [0.15, 0.2) is 11.5 Å². The van der Waals surface area contributed by atoms with Crippen LogP contribution in [0.15, 0.2) is 47.0 Å². The van der Waals surface area contributed by atoms with Gasteiger partial charge in [-0.05, 0) is 49.2 Å². The second-order valence-corrected chi connectivity index (χ2v) is 7.20. The van der Waals surface area contributed by atoms with E-state index in [9.17, 15) is 0 Å². The number of hydrogen-bond acceptors (Lipinski definition) is 7. The monoisotopic (exact) mass is 404 g/mol. The molecule has 7 nitrogen and oxygen atoms in total. The smallest absolute Gasteiger partial charge is 0.223 e. The summed E-state index contributed by atoms with van der Waals surface area (Å²) in [6.07, 6.45) is 0. The van der Waals surface area contributed by atoms with Crippen LogP contribution in [0.2, 0.25) is 0 Å². The number of aryl methyl sites for hydroxylation is 2. The molecule has 30 heavy (non-hydrogen) atoms. The standard InChI is InChI=1S/C23H24N4O3/c1-13-6-7-17-11-18(23-25-15(3)30-27-23)22(26-19(17)10-13)24-14(2)16-8-9-20(28-4)21(12-16)29-5/h6-12,14H,1-5H3,(H,24,26). The van der Waals surface area contributed by atoms with Crippen LogP contribution in [0.25, 0.3) is 22.3 Å². The maximum Gasteiger partial charge on any atom is 0.223 e. The average Bonchev–Trinajstić information content (AvgIpc) is 3.18. The Bertz CT molecular complexity index is 1200. The number of fused-ring (bicyclic) bond motifs is 1. The van der Waals surface area contributed by atoms with E-state index in [1.54, 1.807) is 21.1 Å². The zero-order valence-corrected chi connectivity index (χ0v) is 17.7. The quantitative estimate of drug-likeness (QED) is 0.479. The normalized spacial score (nSPS) is 12.0. The van der Waals surface area contributed by atoms with Crippen molar-refractivity contribution in [2.24, 2.45) is 0 Å². The van der Waals surface area contributed by atoms with Crippen LogP contribution in [0.5, 0.6) is 11.5 Å². The van der Waals surface area contributed by atoms with Crippen molar-refractivity contribution in [1.82, 2.24) is 15.1 Å². The highest BCUT2D eigenvalue weighted by molar-refractivity contribution is 5.88. The van der Waals surface area contributed by atoms with E-state index >= 15 is 0 Å². The lowest BCUT2D eigenvalue weighted by Gasteiger charge is -2.19. The molecule has 7 heteroatoms. The lowest BCUT2D eigenvalue weighted by atomic mass is 10.1. The van der Waals surface area contributed by atoms with Crippen LogP contribution < -0.4 is 14.8 Å². The lowest BCUT2D eigenvalue weighted by Crippen LogP contribution is -2.10. The molecule has 0 aliphatic carbocycles. The first kappa shape index (κ1) is 19.7. The fourth-order valence-electron chi connectivity index (χ4n) is 3.38. The number of rotatable bonds is 6. The molecular formula is C23H24N4O3. The summed E-state index contributed by atoms with van der Waals surface area (Å²) in [5.74, 6) is 3.07. The molecule has 0 saturated carbocycles. The highest BCUT2D eigenvalue weighted by Gasteiger charge is 2.18. The van der Waals surface area contributed by atoms with E-state index in [1.165, 1.54) is 0 Å². The minimum Gasteiger partial charge on any atom is -0.493 e. The Labute approximate surface area is 175 Å². The first-order valence-corrected chi connectivity index (χ1v) is 9.69. The van der Waals surface area contributed by atoms with Crippen molar-refractivity contribution >= 4 is 16.7 Å². The fraction of sp³-hybridized carbons (Fsp3) is 0.261. The molecule has 0 bridgehead atoms. The number of aromatic nitrogens is 3. The summed E-state index contributed by atoms with van der Waals surface area (Å²) in [5.41, 5.74) is 3.88. The third kappa shape index (κ3) is 3.78. The number of ether oxygens (including phenoxy) is 2. The van der Waals surface area contributed by atoms with Gasteiger partial charge in [0.1, 0.15) is 5.82 Å². The molecular weight excluding hydrogens is 380 g/mol. The molecule has 2 aromatic heterocycles. The van der Waals surface area contributed by atoms with Crippen LogP contribution in [-0.4, -0.2) is 29.3 Å². The topological polar surface area (TPSA) is 82.3 Å². The van der Waals surface area contributed by atoms with Gasteiger partial charge in [-0.3, -0.25) is 0 Å². The number of methoxy groups -OCH3 is 2. The van der Waals surface area contributed by atoms with E-state index < -0.39 is 0 Å². The van der Waals surface area contributed by atoms with Crippen LogP contribution in [0, 0.1) is 13.8 Å². The van der Waals surface area contributed by atoms with E-state index in [2.05, 4.69) is 47.5 Å². The van der Waals surface area contributed by atoms with Crippen molar-refractivity contribution in [1.29, 1.82) is 0 Å². The van der Waals surface area contributed by atoms with Crippen LogP contribution in [0.1, 0.15) is 30.0 Å². The number of nitrogens with zero attached hydrogens (tertiary/aromatic N) is 3. The minimum absolute atomic E-state index is 0.0497. The van der Waals surface area contributed by atoms with Crippen LogP contribution in [0.4, 0.5) is 5.82 Å². The zero-order chi connectivity index (χ0) is 21.3. The first-order chi connectivity index (χ1) is 14.5. The molecule has 0 amide bonds. The predicted molar refractivity (Wildman–Crippen MR) is 116 cm³/mol. The number of nitrogens with one attached hydrogen (secondary N) is 1. The van der Waals surface area contributed by atoms with E-state index in [1.807, 2.05) is 24.3 Å². The molecule has 0 fully saturated rings. The summed E-state index contributed by atoms with van der Waals surface area (Å²) in [7, 11) is 3.25. The second kappa shape index (κ2) is 8.02. The SMILES string of the molecule is COc1ccc(C(C)Nc2nc3cc(C)ccc3cc2-c2noc(C)n2)cc1OC. The van der Waals surface area contributed by atoms with Crippen molar-refractivity contribution < 1.29 is 14.0 Å². The number of hydrogen-bond donors (Lipinski definition) is 1. The van der Waals surface area contributed by atoms with E-state index in [4.69, 9.17) is 19.0 Å². The number of benzene rings is 2. The molecule has 0 saturated heterocycles. The van der Waals surface area contributed by atoms with Crippen molar-refractivity contribution in [3.8, 4) is 22.9 Å². The van der Waals surface area contributed by atoms with Gasteiger partial charge in [0.25, 0.3) is 0 Å². The van der Waals surface area contributed by atoms with Crippen molar-refractivity contribution in [2.45, 2.75) is 26.8 Å². The van der Waals surface area contributed by atoms with Gasteiger partial charge in [-0.1, -0.05) is 23.4 Å². The Morgan fingerprint density at radius 2 is 1.73 bits per heavy atom. The summed E-state index contributed by atoms with van der Waals surface area (Å²) in [4.78, 5) is 9.28. The third-order valence-electron chi connectivity index (χ3n) is 5.00. The molecule has 0 spiro atoms. The van der Waals surface area contributed by atoms with Gasteiger partial charge in [0, 0.05) is 12.3 Å². The molecule has 2 heterocycles. The summed E-state index contributed by atoms with van der Waals surface area (Å²) in [6, 6.07) is 14.0. The van der Waals surface area contributed by atoms with Gasteiger partial charge in [0.2, 0.25) is 11.7 Å². The summed E-state index contributed by atoms with van der Waals surface area (Å²) < 4.78 is 16.0. The van der Waals surface area contributed by atoms with Crippen molar-refractivity contribution in [3.63, 3.8) is 0 Å². The Morgan fingerprint density at radius 3 is 2.43 bits per heavy atom. The maximum atomic E-state index is 5.44. The fourth-order valence-corrected chi connectivity index (χ4v) is 3.38. The largest absolute Gasteiger partial charge is 0.493 e. The molecule has 1 N–H and O–H groups in total. The average molecular weight is 404 g/mol.